The first-order valence-electron chi connectivity index (χ1n) is 9.83. The van der Waals surface area contributed by atoms with Crippen molar-refractivity contribution in [3.05, 3.63) is 35.5 Å². The van der Waals surface area contributed by atoms with E-state index in [2.05, 4.69) is 32.6 Å². The fourth-order valence-electron chi connectivity index (χ4n) is 4.15. The van der Waals surface area contributed by atoms with Crippen molar-refractivity contribution < 1.29 is 23.8 Å². The second-order valence-corrected chi connectivity index (χ2v) is 8.15. The first-order valence-corrected chi connectivity index (χ1v) is 9.83. The molecule has 4 unspecified atom stereocenters. The molecule has 4 atom stereocenters. The van der Waals surface area contributed by atoms with E-state index in [9.17, 15) is 9.59 Å². The molecule has 0 saturated carbocycles. The lowest BCUT2D eigenvalue weighted by molar-refractivity contribution is -0.143. The highest BCUT2D eigenvalue weighted by atomic mass is 16.6. The summed E-state index contributed by atoms with van der Waals surface area (Å²) in [6.07, 6.45) is 9.35. The van der Waals surface area contributed by atoms with Gasteiger partial charge in [0.1, 0.15) is 18.3 Å². The molecular formula is C22H30O5. The first-order chi connectivity index (χ1) is 12.8. The molecule has 2 aliphatic heterocycles. The van der Waals surface area contributed by atoms with Crippen LogP contribution in [-0.4, -0.2) is 36.4 Å². The zero-order valence-electron chi connectivity index (χ0n) is 16.6. The van der Waals surface area contributed by atoms with Crippen LogP contribution in [0.1, 0.15) is 59.3 Å². The van der Waals surface area contributed by atoms with Crippen LogP contribution < -0.4 is 0 Å². The summed E-state index contributed by atoms with van der Waals surface area (Å²) >= 11 is 0. The highest BCUT2D eigenvalue weighted by Gasteiger charge is 2.58. The molecule has 0 aromatic carbocycles. The summed E-state index contributed by atoms with van der Waals surface area (Å²) in [6, 6.07) is 0. The van der Waals surface area contributed by atoms with Crippen LogP contribution in [0.15, 0.2) is 35.5 Å². The fourth-order valence-corrected chi connectivity index (χ4v) is 4.15. The third kappa shape index (κ3) is 4.70. The van der Waals surface area contributed by atoms with Crippen molar-refractivity contribution in [2.24, 2.45) is 5.92 Å². The van der Waals surface area contributed by atoms with Crippen LogP contribution in [0, 0.1) is 5.92 Å². The van der Waals surface area contributed by atoms with Crippen LogP contribution in [0.4, 0.5) is 0 Å². The highest BCUT2D eigenvalue weighted by Crippen LogP contribution is 2.48. The number of allylic oxidation sites excluding steroid dienone is 3. The van der Waals surface area contributed by atoms with E-state index in [4.69, 9.17) is 14.2 Å². The topological polar surface area (TPSA) is 65.1 Å². The van der Waals surface area contributed by atoms with Crippen molar-refractivity contribution in [3.63, 3.8) is 0 Å². The summed E-state index contributed by atoms with van der Waals surface area (Å²) < 4.78 is 16.9. The minimum Gasteiger partial charge on any atom is -0.463 e. The maximum atomic E-state index is 12.1. The Labute approximate surface area is 161 Å². The molecule has 2 heterocycles. The summed E-state index contributed by atoms with van der Waals surface area (Å²) in [5, 5.41) is 0. The van der Waals surface area contributed by atoms with E-state index >= 15 is 0 Å². The number of hydrogen-bond donors (Lipinski definition) is 0. The van der Waals surface area contributed by atoms with E-state index in [1.54, 1.807) is 0 Å². The van der Waals surface area contributed by atoms with Gasteiger partial charge >= 0.3 is 11.9 Å². The van der Waals surface area contributed by atoms with E-state index in [1.807, 2.05) is 0 Å². The van der Waals surface area contributed by atoms with Crippen LogP contribution in [0.2, 0.25) is 0 Å². The van der Waals surface area contributed by atoms with Crippen LogP contribution in [-0.2, 0) is 23.8 Å². The Morgan fingerprint density at radius 3 is 2.78 bits per heavy atom. The van der Waals surface area contributed by atoms with Gasteiger partial charge in [0.15, 0.2) is 0 Å². The number of fused-ring (bicyclic) bond motifs is 2. The molecule has 0 radical (unpaired) electrons. The second kappa shape index (κ2) is 8.01. The van der Waals surface area contributed by atoms with Gasteiger partial charge in [0, 0.05) is 24.8 Å². The van der Waals surface area contributed by atoms with Crippen LogP contribution in [0.5, 0.6) is 0 Å². The molecule has 5 nitrogen and oxygen atoms in total. The Balaban J connectivity index is 1.80. The molecule has 1 aliphatic carbocycles. The molecule has 0 aromatic rings. The molecular weight excluding hydrogens is 344 g/mol. The van der Waals surface area contributed by atoms with Gasteiger partial charge in [-0.3, -0.25) is 4.79 Å². The van der Waals surface area contributed by atoms with Gasteiger partial charge in [-0.15, -0.1) is 0 Å². The van der Waals surface area contributed by atoms with Crippen LogP contribution in [0.3, 0.4) is 0 Å². The minimum absolute atomic E-state index is 0.0449. The van der Waals surface area contributed by atoms with Crippen molar-refractivity contribution >= 4 is 11.9 Å². The van der Waals surface area contributed by atoms with Crippen molar-refractivity contribution in [3.8, 4) is 0 Å². The maximum Gasteiger partial charge on any atom is 0.334 e. The van der Waals surface area contributed by atoms with E-state index in [0.717, 1.165) is 32.1 Å². The average molecular weight is 374 g/mol. The van der Waals surface area contributed by atoms with Gasteiger partial charge in [0.25, 0.3) is 0 Å². The lowest BCUT2D eigenvalue weighted by atomic mass is 9.85. The van der Waals surface area contributed by atoms with Crippen LogP contribution >= 0.6 is 0 Å². The Morgan fingerprint density at radius 2 is 2.04 bits per heavy atom. The van der Waals surface area contributed by atoms with Crippen LogP contribution in [0.25, 0.3) is 0 Å². The number of carbonyl (C=O) groups excluding carboxylic acids is 2. The van der Waals surface area contributed by atoms with Gasteiger partial charge in [0.05, 0.1) is 6.10 Å². The molecule has 3 aliphatic rings. The van der Waals surface area contributed by atoms with Crippen molar-refractivity contribution in [1.29, 1.82) is 0 Å². The molecule has 5 heteroatoms. The number of ether oxygens (including phenoxy) is 3. The third-order valence-electron chi connectivity index (χ3n) is 5.93. The largest absolute Gasteiger partial charge is 0.463 e. The number of rotatable bonds is 2. The molecule has 0 N–H and O–H groups in total. The van der Waals surface area contributed by atoms with Gasteiger partial charge in [0.2, 0.25) is 0 Å². The zero-order chi connectivity index (χ0) is 19.6. The van der Waals surface area contributed by atoms with Gasteiger partial charge in [-0.05, 0) is 46.0 Å². The monoisotopic (exact) mass is 374 g/mol. The average Bonchev–Trinajstić information content (AvgIpc) is 3.21. The van der Waals surface area contributed by atoms with E-state index in [1.165, 1.54) is 18.1 Å². The third-order valence-corrected chi connectivity index (χ3v) is 5.93. The minimum atomic E-state index is -0.450. The molecule has 2 fully saturated rings. The maximum absolute atomic E-state index is 12.1. The first kappa shape index (κ1) is 19.9. The Bertz CT molecular complexity index is 689. The molecule has 0 aromatic heterocycles. The van der Waals surface area contributed by atoms with Crippen molar-refractivity contribution in [2.75, 3.05) is 6.61 Å². The number of esters is 2. The van der Waals surface area contributed by atoms with E-state index in [0.29, 0.717) is 12.0 Å². The summed E-state index contributed by atoms with van der Waals surface area (Å²) in [6.45, 7) is 9.88. The molecule has 27 heavy (non-hydrogen) atoms. The second-order valence-electron chi connectivity index (χ2n) is 8.15. The van der Waals surface area contributed by atoms with E-state index < -0.39 is 5.60 Å². The fraction of sp³-hybridized carbons (Fsp3) is 0.636. The number of epoxide rings is 1. The smallest absolute Gasteiger partial charge is 0.334 e. The Kier molecular flexibility index (Phi) is 5.89. The molecule has 0 spiro atoms. The lowest BCUT2D eigenvalue weighted by Gasteiger charge is -2.19. The predicted molar refractivity (Wildman–Crippen MR) is 102 cm³/mol. The SMILES string of the molecule is C=C1C(=O)OC2C/C(C)=C/CC/C(C)=C\CCC3(COC(C)=O)OC3CC12. The molecule has 0 bridgehead atoms. The standard InChI is InChI=1S/C22H30O5/c1-14-7-5-8-15(2)11-19-18(16(3)21(24)26-19)12-20-22(27-20,10-6-9-14)13-25-17(4)23/h8-9,18-20H,3,5-7,10-13H2,1-2,4H3/b14-9-,15-8+. The predicted octanol–water partition coefficient (Wildman–Crippen LogP) is 4.03. The highest BCUT2D eigenvalue weighted by molar-refractivity contribution is 5.90. The Morgan fingerprint density at radius 1 is 1.30 bits per heavy atom. The van der Waals surface area contributed by atoms with Crippen molar-refractivity contribution in [1.82, 2.24) is 0 Å². The van der Waals surface area contributed by atoms with E-state index in [-0.39, 0.29) is 36.7 Å². The zero-order valence-corrected chi connectivity index (χ0v) is 16.6. The molecule has 0 amide bonds. The van der Waals surface area contributed by atoms with Gasteiger partial charge in [-0.1, -0.05) is 29.9 Å². The molecule has 148 valence electrons. The molecule has 2 saturated heterocycles. The van der Waals surface area contributed by atoms with Gasteiger partial charge in [-0.2, -0.15) is 0 Å². The van der Waals surface area contributed by atoms with Crippen molar-refractivity contribution in [2.45, 2.75) is 77.1 Å². The Hall–Kier alpha value is -1.88. The number of hydrogen-bond acceptors (Lipinski definition) is 5. The number of carbonyl (C=O) groups is 2. The summed E-state index contributed by atoms with van der Waals surface area (Å²) in [5.41, 5.74) is 2.68. The molecule has 3 rings (SSSR count). The lowest BCUT2D eigenvalue weighted by Crippen LogP contribution is -2.27. The van der Waals surface area contributed by atoms with Gasteiger partial charge < -0.3 is 14.2 Å². The summed E-state index contributed by atoms with van der Waals surface area (Å²) in [7, 11) is 0. The summed E-state index contributed by atoms with van der Waals surface area (Å²) in [5.74, 6) is -0.650. The normalized spacial score (nSPS) is 38.3. The van der Waals surface area contributed by atoms with Gasteiger partial charge in [-0.25, -0.2) is 4.79 Å². The quantitative estimate of drug-likeness (QED) is 0.316. The summed E-state index contributed by atoms with van der Waals surface area (Å²) in [4.78, 5) is 23.4.